The number of hydrogen-bond acceptors (Lipinski definition) is 5. The van der Waals surface area contributed by atoms with E-state index in [4.69, 9.17) is 27.9 Å². The van der Waals surface area contributed by atoms with Crippen LogP contribution < -0.4 is 10.2 Å². The number of nitrogens with one attached hydrogen (secondary N) is 1. The molecule has 0 aliphatic rings. The van der Waals surface area contributed by atoms with Crippen molar-refractivity contribution in [1.29, 1.82) is 0 Å². The van der Waals surface area contributed by atoms with E-state index in [1.165, 1.54) is 17.6 Å². The average Bonchev–Trinajstić information content (AvgIpc) is 3.22. The second-order valence-electron chi connectivity index (χ2n) is 7.51. The Morgan fingerprint density at radius 3 is 2.37 bits per heavy atom. The predicted molar refractivity (Wildman–Crippen MR) is 142 cm³/mol. The molecule has 1 heterocycles. The standard InChI is InChI=1S/C27H16Cl2N2O3S/c28-21-11-5-3-9-18(21)26(32)31-30-15-20-17-8-2-1-7-16(17)13-14-22(20)34-27(33)25-24(29)19-10-4-6-12-23(19)35-25/h1-15H,(H,31,32)/b30-15-. The van der Waals surface area contributed by atoms with Gasteiger partial charge in [-0.15, -0.1) is 11.3 Å². The zero-order valence-corrected chi connectivity index (χ0v) is 20.3. The molecular formula is C27H16Cl2N2O3S. The van der Waals surface area contributed by atoms with Crippen LogP contribution in [0.4, 0.5) is 0 Å². The Bertz CT molecular complexity index is 1630. The normalized spacial score (nSPS) is 11.3. The highest BCUT2D eigenvalue weighted by molar-refractivity contribution is 7.21. The number of halogens is 2. The average molecular weight is 519 g/mol. The molecule has 0 radical (unpaired) electrons. The van der Waals surface area contributed by atoms with Crippen molar-refractivity contribution in [2.45, 2.75) is 0 Å². The fourth-order valence-electron chi connectivity index (χ4n) is 3.65. The Morgan fingerprint density at radius 2 is 1.57 bits per heavy atom. The lowest BCUT2D eigenvalue weighted by Crippen LogP contribution is -2.18. The fourth-order valence-corrected chi connectivity index (χ4v) is 5.26. The molecule has 1 aromatic heterocycles. The van der Waals surface area contributed by atoms with Crippen LogP contribution in [0.3, 0.4) is 0 Å². The third-order valence-electron chi connectivity index (χ3n) is 5.33. The van der Waals surface area contributed by atoms with Crippen LogP contribution in [-0.2, 0) is 0 Å². The highest BCUT2D eigenvalue weighted by Crippen LogP contribution is 2.36. The number of carbonyl (C=O) groups excluding carboxylic acids is 2. The second-order valence-corrected chi connectivity index (χ2v) is 9.35. The van der Waals surface area contributed by atoms with Crippen molar-refractivity contribution in [2.75, 3.05) is 0 Å². The number of benzene rings is 4. The first-order valence-corrected chi connectivity index (χ1v) is 12.1. The van der Waals surface area contributed by atoms with E-state index in [1.807, 2.05) is 54.6 Å². The van der Waals surface area contributed by atoms with Gasteiger partial charge in [0.05, 0.1) is 21.8 Å². The number of esters is 1. The zero-order valence-electron chi connectivity index (χ0n) is 18.0. The fraction of sp³-hybridized carbons (Fsp3) is 0. The molecule has 172 valence electrons. The number of hydrogen-bond donors (Lipinski definition) is 1. The van der Waals surface area contributed by atoms with Crippen LogP contribution in [0.25, 0.3) is 20.9 Å². The molecule has 0 fully saturated rings. The Hall–Kier alpha value is -3.71. The lowest BCUT2D eigenvalue weighted by atomic mass is 10.0. The third kappa shape index (κ3) is 4.64. The number of amides is 1. The van der Waals surface area contributed by atoms with Gasteiger partial charge in [-0.2, -0.15) is 5.10 Å². The van der Waals surface area contributed by atoms with E-state index in [2.05, 4.69) is 10.5 Å². The predicted octanol–water partition coefficient (Wildman–Crippen LogP) is 7.34. The van der Waals surface area contributed by atoms with Crippen molar-refractivity contribution in [1.82, 2.24) is 5.43 Å². The molecule has 0 saturated carbocycles. The molecule has 4 aromatic carbocycles. The van der Waals surface area contributed by atoms with Gasteiger partial charge in [-0.25, -0.2) is 10.2 Å². The van der Waals surface area contributed by atoms with Crippen LogP contribution in [-0.4, -0.2) is 18.1 Å². The Balaban J connectivity index is 1.47. The minimum atomic E-state index is -0.568. The van der Waals surface area contributed by atoms with Gasteiger partial charge in [0, 0.05) is 15.6 Å². The summed E-state index contributed by atoms with van der Waals surface area (Å²) in [5, 5.41) is 7.31. The van der Waals surface area contributed by atoms with E-state index in [0.717, 1.165) is 20.9 Å². The summed E-state index contributed by atoms with van der Waals surface area (Å²) >= 11 is 13.8. The summed E-state index contributed by atoms with van der Waals surface area (Å²) in [5.41, 5.74) is 3.32. The van der Waals surface area contributed by atoms with Gasteiger partial charge >= 0.3 is 5.97 Å². The number of carbonyl (C=O) groups is 2. The van der Waals surface area contributed by atoms with Gasteiger partial charge < -0.3 is 4.74 Å². The van der Waals surface area contributed by atoms with Crippen LogP contribution in [0.2, 0.25) is 10.0 Å². The van der Waals surface area contributed by atoms with E-state index in [-0.39, 0.29) is 5.75 Å². The number of fused-ring (bicyclic) bond motifs is 2. The van der Waals surface area contributed by atoms with E-state index >= 15 is 0 Å². The molecule has 5 rings (SSSR count). The van der Waals surface area contributed by atoms with Gasteiger partial charge in [-0.1, -0.05) is 83.9 Å². The van der Waals surface area contributed by atoms with Crippen molar-refractivity contribution in [3.63, 3.8) is 0 Å². The third-order valence-corrected chi connectivity index (χ3v) is 7.32. The highest BCUT2D eigenvalue weighted by atomic mass is 35.5. The Labute approximate surface area is 214 Å². The van der Waals surface area contributed by atoms with Crippen LogP contribution >= 0.6 is 34.5 Å². The van der Waals surface area contributed by atoms with Crippen molar-refractivity contribution < 1.29 is 14.3 Å². The number of hydrazone groups is 1. The zero-order chi connectivity index (χ0) is 24.4. The molecule has 1 amide bonds. The van der Waals surface area contributed by atoms with Gasteiger partial charge in [0.25, 0.3) is 5.91 Å². The van der Waals surface area contributed by atoms with Crippen LogP contribution in [0, 0.1) is 0 Å². The molecule has 35 heavy (non-hydrogen) atoms. The van der Waals surface area contributed by atoms with Crippen molar-refractivity contribution in [3.8, 4) is 5.75 Å². The van der Waals surface area contributed by atoms with Crippen LogP contribution in [0.15, 0.2) is 90.0 Å². The van der Waals surface area contributed by atoms with Gasteiger partial charge in [-0.3, -0.25) is 4.79 Å². The van der Waals surface area contributed by atoms with E-state index in [1.54, 1.807) is 30.3 Å². The smallest absolute Gasteiger partial charge is 0.355 e. The van der Waals surface area contributed by atoms with E-state index < -0.39 is 11.9 Å². The van der Waals surface area contributed by atoms with Crippen LogP contribution in [0.5, 0.6) is 5.75 Å². The molecule has 5 nitrogen and oxygen atoms in total. The minimum Gasteiger partial charge on any atom is -0.422 e. The summed E-state index contributed by atoms with van der Waals surface area (Å²) in [5.74, 6) is -0.734. The lowest BCUT2D eigenvalue weighted by Gasteiger charge is -2.10. The second kappa shape index (κ2) is 9.88. The quantitative estimate of drug-likeness (QED) is 0.114. The number of thiophene rings is 1. The minimum absolute atomic E-state index is 0.290. The Morgan fingerprint density at radius 1 is 0.857 bits per heavy atom. The largest absolute Gasteiger partial charge is 0.422 e. The molecule has 8 heteroatoms. The van der Waals surface area contributed by atoms with Crippen molar-refractivity contribution in [3.05, 3.63) is 111 Å². The highest BCUT2D eigenvalue weighted by Gasteiger charge is 2.20. The summed E-state index contributed by atoms with van der Waals surface area (Å²) < 4.78 is 6.67. The summed E-state index contributed by atoms with van der Waals surface area (Å²) in [6.45, 7) is 0. The summed E-state index contributed by atoms with van der Waals surface area (Å²) in [6.07, 6.45) is 1.45. The van der Waals surface area contributed by atoms with Gasteiger partial charge in [0.1, 0.15) is 10.6 Å². The number of nitrogens with zero attached hydrogens (tertiary/aromatic N) is 1. The molecule has 1 N–H and O–H groups in total. The maximum Gasteiger partial charge on any atom is 0.355 e. The van der Waals surface area contributed by atoms with Crippen molar-refractivity contribution >= 4 is 73.5 Å². The topological polar surface area (TPSA) is 67.8 Å². The van der Waals surface area contributed by atoms with E-state index in [0.29, 0.717) is 26.0 Å². The monoisotopic (exact) mass is 518 g/mol. The first kappa shape index (κ1) is 23.1. The van der Waals surface area contributed by atoms with Crippen molar-refractivity contribution in [2.24, 2.45) is 5.10 Å². The van der Waals surface area contributed by atoms with Gasteiger partial charge in [-0.05, 0) is 35.0 Å². The maximum absolute atomic E-state index is 13.1. The molecule has 5 aromatic rings. The Kier molecular flexibility index (Phi) is 6.51. The number of ether oxygens (including phenoxy) is 1. The molecule has 0 spiro atoms. The molecule has 0 atom stereocenters. The summed E-state index contributed by atoms with van der Waals surface area (Å²) in [4.78, 5) is 25.9. The van der Waals surface area contributed by atoms with Gasteiger partial charge in [0.2, 0.25) is 0 Å². The first-order valence-electron chi connectivity index (χ1n) is 10.5. The molecule has 0 aliphatic carbocycles. The molecule has 0 unspecified atom stereocenters. The SMILES string of the molecule is O=C(N/N=C\c1c(OC(=O)c2sc3ccccc3c2Cl)ccc2ccccc12)c1ccccc1Cl. The summed E-state index contributed by atoms with van der Waals surface area (Å²) in [7, 11) is 0. The molecule has 0 aliphatic heterocycles. The maximum atomic E-state index is 13.1. The summed E-state index contributed by atoms with van der Waals surface area (Å²) in [6, 6.07) is 25.3. The first-order chi connectivity index (χ1) is 17.0. The van der Waals surface area contributed by atoms with E-state index in [9.17, 15) is 9.59 Å². The lowest BCUT2D eigenvalue weighted by molar-refractivity contribution is 0.0739. The molecule has 0 saturated heterocycles. The van der Waals surface area contributed by atoms with Gasteiger partial charge in [0.15, 0.2) is 0 Å². The molecule has 0 bridgehead atoms. The van der Waals surface area contributed by atoms with Crippen LogP contribution in [0.1, 0.15) is 25.6 Å². The number of rotatable bonds is 5. The molecular weight excluding hydrogens is 503 g/mol.